The number of furan rings is 1. The maximum Gasteiger partial charge on any atom is 0.339 e. The molecular formula is C14H13NO5. The third kappa shape index (κ3) is 2.80. The number of benzene rings is 1. The number of aryl methyl sites for hydroxylation is 1. The number of carbonyl (C=O) groups excluding carboxylic acids is 1. The maximum absolute atomic E-state index is 11.9. The molecule has 6 heteroatoms. The first-order chi connectivity index (χ1) is 9.51. The molecule has 20 heavy (non-hydrogen) atoms. The minimum absolute atomic E-state index is 0.0272. The lowest BCUT2D eigenvalue weighted by Gasteiger charge is -2.08. The summed E-state index contributed by atoms with van der Waals surface area (Å²) in [6.07, 6.45) is 0. The van der Waals surface area contributed by atoms with E-state index >= 15 is 0 Å². The van der Waals surface area contributed by atoms with Gasteiger partial charge in [0.1, 0.15) is 17.1 Å². The minimum Gasteiger partial charge on any atom is -0.496 e. The van der Waals surface area contributed by atoms with Crippen molar-refractivity contribution in [2.75, 3.05) is 12.4 Å². The van der Waals surface area contributed by atoms with Gasteiger partial charge in [0, 0.05) is 11.8 Å². The van der Waals surface area contributed by atoms with Gasteiger partial charge in [-0.05, 0) is 31.2 Å². The molecule has 6 nitrogen and oxygen atoms in total. The number of carboxylic acids is 1. The van der Waals surface area contributed by atoms with Crippen LogP contribution in [0.15, 0.2) is 34.7 Å². The highest BCUT2D eigenvalue weighted by Crippen LogP contribution is 2.23. The molecule has 0 spiro atoms. The second-order valence-corrected chi connectivity index (χ2v) is 4.08. The van der Waals surface area contributed by atoms with Gasteiger partial charge >= 0.3 is 5.97 Å². The molecule has 2 rings (SSSR count). The van der Waals surface area contributed by atoms with Crippen molar-refractivity contribution in [3.05, 3.63) is 47.4 Å². The van der Waals surface area contributed by atoms with E-state index in [1.54, 1.807) is 19.1 Å². The summed E-state index contributed by atoms with van der Waals surface area (Å²) in [7, 11) is 1.36. The largest absolute Gasteiger partial charge is 0.496 e. The zero-order chi connectivity index (χ0) is 14.7. The standard InChI is InChI=1S/C14H13NO5/c1-8-3-6-11(20-8)13(16)15-9-4-5-10(14(17)18)12(7-9)19-2/h3-7H,1-2H3,(H,15,16)(H,17,18). The van der Waals surface area contributed by atoms with Crippen LogP contribution in [0, 0.1) is 6.92 Å². The number of amides is 1. The number of rotatable bonds is 4. The summed E-state index contributed by atoms with van der Waals surface area (Å²) in [5.41, 5.74) is 0.449. The summed E-state index contributed by atoms with van der Waals surface area (Å²) < 4.78 is 10.2. The second kappa shape index (κ2) is 5.48. The van der Waals surface area contributed by atoms with Crippen molar-refractivity contribution in [2.24, 2.45) is 0 Å². The Kier molecular flexibility index (Phi) is 3.74. The van der Waals surface area contributed by atoms with Crippen molar-refractivity contribution in [1.29, 1.82) is 0 Å². The Morgan fingerprint density at radius 2 is 2.00 bits per heavy atom. The molecule has 0 atom stereocenters. The molecule has 2 aromatic rings. The van der Waals surface area contributed by atoms with E-state index in [2.05, 4.69) is 5.32 Å². The monoisotopic (exact) mass is 275 g/mol. The van der Waals surface area contributed by atoms with Gasteiger partial charge < -0.3 is 19.6 Å². The lowest BCUT2D eigenvalue weighted by molar-refractivity contribution is 0.0693. The summed E-state index contributed by atoms with van der Waals surface area (Å²) in [6, 6.07) is 7.54. The van der Waals surface area contributed by atoms with Crippen LogP contribution in [0.4, 0.5) is 5.69 Å². The highest BCUT2D eigenvalue weighted by atomic mass is 16.5. The van der Waals surface area contributed by atoms with Gasteiger partial charge in [0.15, 0.2) is 5.76 Å². The van der Waals surface area contributed by atoms with Gasteiger partial charge in [0.25, 0.3) is 5.91 Å². The lowest BCUT2D eigenvalue weighted by Crippen LogP contribution is -2.11. The first-order valence-corrected chi connectivity index (χ1v) is 5.80. The minimum atomic E-state index is -1.10. The van der Waals surface area contributed by atoms with Crippen LogP contribution >= 0.6 is 0 Å². The van der Waals surface area contributed by atoms with E-state index in [-0.39, 0.29) is 17.1 Å². The normalized spacial score (nSPS) is 10.1. The van der Waals surface area contributed by atoms with E-state index in [1.165, 1.54) is 25.3 Å². The quantitative estimate of drug-likeness (QED) is 0.895. The molecule has 1 aromatic carbocycles. The van der Waals surface area contributed by atoms with Crippen LogP contribution < -0.4 is 10.1 Å². The van der Waals surface area contributed by atoms with Crippen LogP contribution in [0.25, 0.3) is 0 Å². The Labute approximate surface area is 115 Å². The van der Waals surface area contributed by atoms with Gasteiger partial charge in [-0.2, -0.15) is 0 Å². The van der Waals surface area contributed by atoms with E-state index in [0.29, 0.717) is 11.4 Å². The Bertz CT molecular complexity index is 659. The number of hydrogen-bond acceptors (Lipinski definition) is 4. The summed E-state index contributed by atoms with van der Waals surface area (Å²) in [5, 5.41) is 11.6. The molecule has 1 aromatic heterocycles. The summed E-state index contributed by atoms with van der Waals surface area (Å²) in [4.78, 5) is 22.8. The first-order valence-electron chi connectivity index (χ1n) is 5.80. The highest BCUT2D eigenvalue weighted by Gasteiger charge is 2.14. The van der Waals surface area contributed by atoms with Crippen molar-refractivity contribution < 1.29 is 23.8 Å². The average Bonchev–Trinajstić information content (AvgIpc) is 2.85. The number of carboxylic acid groups (broad SMARTS) is 1. The van der Waals surface area contributed by atoms with Crippen molar-refractivity contribution in [2.45, 2.75) is 6.92 Å². The van der Waals surface area contributed by atoms with Crippen molar-refractivity contribution in [1.82, 2.24) is 0 Å². The van der Waals surface area contributed by atoms with Crippen LogP contribution in [0.2, 0.25) is 0 Å². The molecule has 2 N–H and O–H groups in total. The third-order valence-corrected chi connectivity index (χ3v) is 2.65. The van der Waals surface area contributed by atoms with Gasteiger partial charge in [0.05, 0.1) is 7.11 Å². The smallest absolute Gasteiger partial charge is 0.339 e. The van der Waals surface area contributed by atoms with Crippen LogP contribution in [-0.4, -0.2) is 24.1 Å². The first kappa shape index (κ1) is 13.7. The van der Waals surface area contributed by atoms with E-state index in [4.69, 9.17) is 14.3 Å². The van der Waals surface area contributed by atoms with Crippen molar-refractivity contribution >= 4 is 17.6 Å². The molecule has 0 saturated carbocycles. The van der Waals surface area contributed by atoms with Gasteiger partial charge in [-0.15, -0.1) is 0 Å². The number of aromatic carboxylic acids is 1. The predicted octanol–water partition coefficient (Wildman–Crippen LogP) is 2.55. The maximum atomic E-state index is 11.9. The molecule has 0 aliphatic heterocycles. The second-order valence-electron chi connectivity index (χ2n) is 4.08. The third-order valence-electron chi connectivity index (χ3n) is 2.65. The summed E-state index contributed by atoms with van der Waals surface area (Å²) in [6.45, 7) is 1.74. The zero-order valence-corrected chi connectivity index (χ0v) is 11.0. The number of ether oxygens (including phenoxy) is 1. The molecule has 0 bridgehead atoms. The van der Waals surface area contributed by atoms with Gasteiger partial charge in [-0.25, -0.2) is 4.79 Å². The topological polar surface area (TPSA) is 88.8 Å². The SMILES string of the molecule is COc1cc(NC(=O)c2ccc(C)o2)ccc1C(=O)O. The molecule has 0 unspecified atom stereocenters. The van der Waals surface area contributed by atoms with Gasteiger partial charge in [-0.1, -0.05) is 0 Å². The average molecular weight is 275 g/mol. The van der Waals surface area contributed by atoms with Gasteiger partial charge in [-0.3, -0.25) is 4.79 Å². The molecule has 1 heterocycles. The molecule has 1 amide bonds. The Morgan fingerprint density at radius 3 is 2.55 bits per heavy atom. The van der Waals surface area contributed by atoms with Crippen LogP contribution in [0.1, 0.15) is 26.7 Å². The van der Waals surface area contributed by atoms with E-state index < -0.39 is 11.9 Å². The number of methoxy groups -OCH3 is 1. The molecule has 0 saturated heterocycles. The Balaban J connectivity index is 2.22. The molecule has 104 valence electrons. The fourth-order valence-corrected chi connectivity index (χ4v) is 1.69. The van der Waals surface area contributed by atoms with Crippen LogP contribution in [0.5, 0.6) is 5.75 Å². The summed E-state index contributed by atoms with van der Waals surface area (Å²) in [5.74, 6) is -0.520. The van der Waals surface area contributed by atoms with Crippen LogP contribution in [0.3, 0.4) is 0 Å². The highest BCUT2D eigenvalue weighted by molar-refractivity contribution is 6.02. The van der Waals surface area contributed by atoms with E-state index in [0.717, 1.165) is 0 Å². The molecular weight excluding hydrogens is 262 g/mol. The van der Waals surface area contributed by atoms with Gasteiger partial charge in [0.2, 0.25) is 0 Å². The summed E-state index contributed by atoms with van der Waals surface area (Å²) >= 11 is 0. The number of anilines is 1. The molecule has 0 aliphatic carbocycles. The number of hydrogen-bond donors (Lipinski definition) is 2. The number of nitrogens with one attached hydrogen (secondary N) is 1. The zero-order valence-electron chi connectivity index (χ0n) is 11.0. The molecule has 0 radical (unpaired) electrons. The number of carbonyl (C=O) groups is 2. The Hall–Kier alpha value is -2.76. The fraction of sp³-hybridized carbons (Fsp3) is 0.143. The lowest BCUT2D eigenvalue weighted by atomic mass is 10.2. The van der Waals surface area contributed by atoms with Crippen molar-refractivity contribution in [3.8, 4) is 5.75 Å². The Morgan fingerprint density at radius 1 is 1.25 bits per heavy atom. The molecule has 0 aliphatic rings. The van der Waals surface area contributed by atoms with E-state index in [1.807, 2.05) is 0 Å². The van der Waals surface area contributed by atoms with E-state index in [9.17, 15) is 9.59 Å². The molecule has 0 fully saturated rings. The van der Waals surface area contributed by atoms with Crippen molar-refractivity contribution in [3.63, 3.8) is 0 Å². The predicted molar refractivity (Wildman–Crippen MR) is 71.4 cm³/mol. The fourth-order valence-electron chi connectivity index (χ4n) is 1.69. The van der Waals surface area contributed by atoms with Crippen LogP contribution in [-0.2, 0) is 0 Å².